The number of ether oxygens (including phenoxy) is 3. The number of rotatable bonds is 40. The van der Waals surface area contributed by atoms with Crippen molar-refractivity contribution in [2.45, 2.75) is 199 Å². The van der Waals surface area contributed by atoms with Crippen molar-refractivity contribution in [2.24, 2.45) is 5.73 Å². The summed E-state index contributed by atoms with van der Waals surface area (Å²) >= 11 is 0. The molecule has 0 spiro atoms. The van der Waals surface area contributed by atoms with Crippen LogP contribution in [0.5, 0.6) is 0 Å². The summed E-state index contributed by atoms with van der Waals surface area (Å²) < 4.78 is 38.6. The lowest BCUT2D eigenvalue weighted by atomic mass is 10.1. The van der Waals surface area contributed by atoms with E-state index in [4.69, 9.17) is 29.0 Å². The smallest absolute Gasteiger partial charge is 0.462 e. The number of phosphoric acid groups is 1. The molecule has 1 rings (SSSR count). The molecule has 0 amide bonds. The molecule has 4 atom stereocenters. The zero-order valence-electron chi connectivity index (χ0n) is 35.3. The van der Waals surface area contributed by atoms with E-state index in [1.54, 1.807) is 0 Å². The van der Waals surface area contributed by atoms with Gasteiger partial charge in [-0.05, 0) is 77.0 Å². The number of unbranched alkanes of at least 4 members (excludes halogenated alkanes) is 16. The molecule has 1 heterocycles. The van der Waals surface area contributed by atoms with Gasteiger partial charge in [0.05, 0.1) is 25.4 Å². The lowest BCUT2D eigenvalue weighted by Crippen LogP contribution is -2.29. The molecule has 0 aromatic rings. The molecule has 0 aromatic heterocycles. The first-order valence-electron chi connectivity index (χ1n) is 22.2. The van der Waals surface area contributed by atoms with Gasteiger partial charge in [0.1, 0.15) is 6.61 Å². The normalized spacial score (nSPS) is 17.4. The monoisotopic (exact) mass is 810 g/mol. The standard InChI is InChI=1S/C45H80NO9P/c1-3-5-7-9-11-13-15-17-18-19-20-21-23-25-27-29-31-35-44(47)51-39-41(40-53-56(49,50)52-38-37-46)54-45(48)36-32-34-43-42(55-43)33-30-28-26-24-22-16-14-12-10-8-6-4-2/h12,14,17-18,22,24,28,30,41-43H,3-11,13,15-16,19-21,23,25-27,29,31-40,46H2,1-2H3,(H,49,50)/b14-12-,18-17-,24-22-,30-28-/t41-,42?,43?/m1/s1. The maximum atomic E-state index is 12.7. The van der Waals surface area contributed by atoms with Crippen LogP contribution in [0, 0.1) is 0 Å². The highest BCUT2D eigenvalue weighted by Gasteiger charge is 2.37. The van der Waals surface area contributed by atoms with E-state index >= 15 is 0 Å². The number of hydrogen-bond donors (Lipinski definition) is 2. The molecule has 0 radical (unpaired) electrons. The van der Waals surface area contributed by atoms with Crippen LogP contribution in [-0.2, 0) is 37.4 Å². The number of phosphoric ester groups is 1. The van der Waals surface area contributed by atoms with Gasteiger partial charge in [-0.1, -0.05) is 140 Å². The Balaban J connectivity index is 2.23. The van der Waals surface area contributed by atoms with Crippen LogP contribution in [0.2, 0.25) is 0 Å². The van der Waals surface area contributed by atoms with Gasteiger partial charge in [0.2, 0.25) is 0 Å². The summed E-state index contributed by atoms with van der Waals surface area (Å²) in [6, 6.07) is 0. The minimum Gasteiger partial charge on any atom is -0.462 e. The number of nitrogens with two attached hydrogens (primary N) is 1. The van der Waals surface area contributed by atoms with E-state index in [1.165, 1.54) is 83.5 Å². The number of hydrogen-bond acceptors (Lipinski definition) is 9. The Kier molecular flexibility index (Phi) is 34.5. The van der Waals surface area contributed by atoms with Gasteiger partial charge < -0.3 is 24.8 Å². The van der Waals surface area contributed by atoms with Crippen LogP contribution in [0.1, 0.15) is 181 Å². The third-order valence-corrected chi connectivity index (χ3v) is 10.6. The third-order valence-electron chi connectivity index (χ3n) is 9.61. The van der Waals surface area contributed by atoms with Crippen molar-refractivity contribution in [3.05, 3.63) is 48.6 Å². The summed E-state index contributed by atoms with van der Waals surface area (Å²) in [7, 11) is -4.40. The van der Waals surface area contributed by atoms with E-state index < -0.39 is 32.5 Å². The van der Waals surface area contributed by atoms with Gasteiger partial charge in [-0.2, -0.15) is 0 Å². The Morgan fingerprint density at radius 3 is 1.80 bits per heavy atom. The van der Waals surface area contributed by atoms with Crippen molar-refractivity contribution >= 4 is 19.8 Å². The van der Waals surface area contributed by atoms with Crippen LogP contribution < -0.4 is 5.73 Å². The molecule has 1 fully saturated rings. The largest absolute Gasteiger partial charge is 0.472 e. The molecule has 0 saturated carbocycles. The van der Waals surface area contributed by atoms with E-state index in [9.17, 15) is 19.0 Å². The molecule has 1 aliphatic heterocycles. The average Bonchev–Trinajstić information content (AvgIpc) is 3.94. The quantitative estimate of drug-likeness (QED) is 0.0201. The summed E-state index contributed by atoms with van der Waals surface area (Å²) in [6.07, 6.45) is 44.4. The van der Waals surface area contributed by atoms with Crippen molar-refractivity contribution < 1.29 is 42.3 Å². The summed E-state index contributed by atoms with van der Waals surface area (Å²) in [5, 5.41) is 0. The highest BCUT2D eigenvalue weighted by Crippen LogP contribution is 2.43. The van der Waals surface area contributed by atoms with Gasteiger partial charge in [0, 0.05) is 19.4 Å². The number of allylic oxidation sites excluding steroid dienone is 7. The van der Waals surface area contributed by atoms with Crippen LogP contribution >= 0.6 is 7.82 Å². The van der Waals surface area contributed by atoms with Gasteiger partial charge in [-0.3, -0.25) is 18.6 Å². The first-order chi connectivity index (χ1) is 27.3. The van der Waals surface area contributed by atoms with E-state index in [-0.39, 0.29) is 44.8 Å². The molecule has 11 heteroatoms. The van der Waals surface area contributed by atoms with Gasteiger partial charge in [-0.25, -0.2) is 4.57 Å². The molecule has 3 unspecified atom stereocenters. The second-order valence-corrected chi connectivity index (χ2v) is 16.4. The first kappa shape index (κ1) is 51.9. The second-order valence-electron chi connectivity index (χ2n) is 14.9. The number of esters is 2. The van der Waals surface area contributed by atoms with Crippen LogP contribution in [-0.4, -0.2) is 61.5 Å². The molecule has 0 bridgehead atoms. The maximum absolute atomic E-state index is 12.7. The van der Waals surface area contributed by atoms with E-state index in [0.29, 0.717) is 12.8 Å². The van der Waals surface area contributed by atoms with E-state index in [2.05, 4.69) is 62.5 Å². The summed E-state index contributed by atoms with van der Waals surface area (Å²) in [4.78, 5) is 35.0. The van der Waals surface area contributed by atoms with Crippen molar-refractivity contribution in [1.29, 1.82) is 0 Å². The second kappa shape index (κ2) is 37.2. The van der Waals surface area contributed by atoms with Gasteiger partial charge in [0.15, 0.2) is 6.10 Å². The molecule has 324 valence electrons. The summed E-state index contributed by atoms with van der Waals surface area (Å²) in [5.74, 6) is -0.910. The van der Waals surface area contributed by atoms with Crippen LogP contribution in [0.25, 0.3) is 0 Å². The Labute approximate surface area is 341 Å². The predicted octanol–water partition coefficient (Wildman–Crippen LogP) is 11.7. The molecule has 0 aliphatic carbocycles. The van der Waals surface area contributed by atoms with Crippen LogP contribution in [0.3, 0.4) is 0 Å². The fraction of sp³-hybridized carbons (Fsp3) is 0.778. The van der Waals surface area contributed by atoms with Crippen molar-refractivity contribution in [2.75, 3.05) is 26.4 Å². The van der Waals surface area contributed by atoms with Crippen molar-refractivity contribution in [3.8, 4) is 0 Å². The summed E-state index contributed by atoms with van der Waals surface area (Å²) in [5.41, 5.74) is 5.35. The number of carbonyl (C=O) groups is 2. The minimum absolute atomic E-state index is 0.0392. The Morgan fingerprint density at radius 1 is 0.643 bits per heavy atom. The van der Waals surface area contributed by atoms with E-state index in [0.717, 1.165) is 57.8 Å². The fourth-order valence-corrected chi connectivity index (χ4v) is 6.95. The van der Waals surface area contributed by atoms with Crippen LogP contribution in [0.4, 0.5) is 0 Å². The highest BCUT2D eigenvalue weighted by molar-refractivity contribution is 7.47. The molecule has 1 saturated heterocycles. The molecule has 0 aromatic carbocycles. The Bertz CT molecular complexity index is 1120. The molecule has 10 nitrogen and oxygen atoms in total. The zero-order valence-corrected chi connectivity index (χ0v) is 36.2. The van der Waals surface area contributed by atoms with Crippen LogP contribution in [0.15, 0.2) is 48.6 Å². The predicted molar refractivity (Wildman–Crippen MR) is 228 cm³/mol. The van der Waals surface area contributed by atoms with Gasteiger partial charge in [0.25, 0.3) is 0 Å². The first-order valence-corrected chi connectivity index (χ1v) is 23.7. The lowest BCUT2D eigenvalue weighted by Gasteiger charge is -2.19. The zero-order chi connectivity index (χ0) is 40.8. The van der Waals surface area contributed by atoms with Crippen molar-refractivity contribution in [3.63, 3.8) is 0 Å². The van der Waals surface area contributed by atoms with E-state index in [1.807, 2.05) is 0 Å². The fourth-order valence-electron chi connectivity index (χ4n) is 6.19. The molecular weight excluding hydrogens is 729 g/mol. The van der Waals surface area contributed by atoms with Gasteiger partial charge in [-0.15, -0.1) is 0 Å². The minimum atomic E-state index is -4.40. The SMILES string of the molecule is CCCCC/C=C\C/C=C\C/C=C\CC1OC1CCCC(=O)O[C@H](COC(=O)CCCCCCCCC/C=C\CCCCCCCC)COP(=O)(O)OCCN. The topological polar surface area (TPSA) is 147 Å². The molecule has 3 N–H and O–H groups in total. The third kappa shape index (κ3) is 34.0. The highest BCUT2D eigenvalue weighted by atomic mass is 31.2. The molecular formula is C45H80NO9P. The number of carbonyl (C=O) groups excluding carboxylic acids is 2. The lowest BCUT2D eigenvalue weighted by molar-refractivity contribution is -0.161. The molecule has 56 heavy (non-hydrogen) atoms. The number of epoxide rings is 1. The Morgan fingerprint density at radius 2 is 1.16 bits per heavy atom. The average molecular weight is 810 g/mol. The summed E-state index contributed by atoms with van der Waals surface area (Å²) in [6.45, 7) is 3.61. The Hall–Kier alpha value is -2.07. The molecule has 1 aliphatic rings. The maximum Gasteiger partial charge on any atom is 0.472 e. The van der Waals surface area contributed by atoms with Gasteiger partial charge >= 0.3 is 19.8 Å². The van der Waals surface area contributed by atoms with Crippen molar-refractivity contribution in [1.82, 2.24) is 0 Å².